The number of rotatable bonds is 4. The molecule has 0 saturated carbocycles. The molecule has 0 atom stereocenters. The number of anilines is 2. The zero-order valence-corrected chi connectivity index (χ0v) is 8.28. The van der Waals surface area contributed by atoms with E-state index in [1.807, 2.05) is 12.1 Å². The van der Waals surface area contributed by atoms with Crippen LogP contribution in [0.4, 0.5) is 11.9 Å². The molecule has 0 saturated heterocycles. The first-order valence-corrected chi connectivity index (χ1v) is 4.27. The number of hydrogen-bond acceptors (Lipinski definition) is 7. The topological polar surface area (TPSA) is 110 Å². The van der Waals surface area contributed by atoms with Crippen LogP contribution < -0.4 is 10.6 Å². The van der Waals surface area contributed by atoms with Crippen molar-refractivity contribution in [1.82, 2.24) is 15.0 Å². The van der Waals surface area contributed by atoms with E-state index in [0.717, 1.165) is 0 Å². The summed E-state index contributed by atoms with van der Waals surface area (Å²) < 4.78 is 0. The lowest BCUT2D eigenvalue weighted by Gasteiger charge is -2.03. The Hall–Kier alpha value is -2.12. The largest absolute Gasteiger partial charge is 0.341 e. The van der Waals surface area contributed by atoms with Gasteiger partial charge in [0.2, 0.25) is 17.2 Å². The van der Waals surface area contributed by atoms with Crippen LogP contribution in [0, 0.1) is 22.7 Å². The second-order valence-corrected chi connectivity index (χ2v) is 2.61. The van der Waals surface area contributed by atoms with E-state index >= 15 is 0 Å². The molecule has 0 fully saturated rings. The van der Waals surface area contributed by atoms with Crippen LogP contribution >= 0.6 is 11.6 Å². The third-order valence-electron chi connectivity index (χ3n) is 1.26. The molecular formula is C7H6ClN7. The maximum absolute atomic E-state index is 8.33. The molecule has 1 aromatic heterocycles. The number of nitrogens with zero attached hydrogens (tertiary/aromatic N) is 5. The summed E-state index contributed by atoms with van der Waals surface area (Å²) >= 11 is 5.60. The molecule has 0 aromatic carbocycles. The van der Waals surface area contributed by atoms with Crippen molar-refractivity contribution in [2.45, 2.75) is 0 Å². The number of halogens is 1. The van der Waals surface area contributed by atoms with Crippen LogP contribution in [-0.4, -0.2) is 28.0 Å². The van der Waals surface area contributed by atoms with Crippen LogP contribution in [0.5, 0.6) is 0 Å². The van der Waals surface area contributed by atoms with Gasteiger partial charge in [-0.1, -0.05) is 0 Å². The summed E-state index contributed by atoms with van der Waals surface area (Å²) in [4.78, 5) is 11.4. The smallest absolute Gasteiger partial charge is 0.229 e. The van der Waals surface area contributed by atoms with Crippen molar-refractivity contribution in [3.63, 3.8) is 0 Å². The average Bonchev–Trinajstić information content (AvgIpc) is 2.23. The van der Waals surface area contributed by atoms with E-state index in [1.54, 1.807) is 0 Å². The van der Waals surface area contributed by atoms with Gasteiger partial charge in [-0.05, 0) is 11.6 Å². The van der Waals surface area contributed by atoms with Gasteiger partial charge in [0.15, 0.2) is 0 Å². The molecule has 0 unspecified atom stereocenters. The third kappa shape index (κ3) is 3.63. The number of aromatic nitrogens is 3. The minimum Gasteiger partial charge on any atom is -0.341 e. The second-order valence-electron chi connectivity index (χ2n) is 2.27. The van der Waals surface area contributed by atoms with E-state index < -0.39 is 0 Å². The maximum Gasteiger partial charge on any atom is 0.229 e. The van der Waals surface area contributed by atoms with Crippen LogP contribution in [0.1, 0.15) is 0 Å². The molecule has 0 amide bonds. The Balaban J connectivity index is 2.77. The Morgan fingerprint density at radius 3 is 1.87 bits per heavy atom. The molecule has 0 radical (unpaired) electrons. The molecule has 76 valence electrons. The zero-order chi connectivity index (χ0) is 11.1. The summed E-state index contributed by atoms with van der Waals surface area (Å²) in [6, 6.07) is 3.74. The number of nitriles is 2. The second kappa shape index (κ2) is 5.58. The van der Waals surface area contributed by atoms with Crippen molar-refractivity contribution in [2.24, 2.45) is 0 Å². The summed E-state index contributed by atoms with van der Waals surface area (Å²) in [6.07, 6.45) is 0. The standard InChI is InChI=1S/C7H6ClN7/c8-5-13-6(11-3-1-9)15-7(14-5)12-4-2-10/h3-4H2,(H2,11,12,13,14,15). The average molecular weight is 224 g/mol. The van der Waals surface area contributed by atoms with Crippen LogP contribution in [0.25, 0.3) is 0 Å². The molecular weight excluding hydrogens is 218 g/mol. The van der Waals surface area contributed by atoms with E-state index in [1.165, 1.54) is 0 Å². The lowest BCUT2D eigenvalue weighted by Crippen LogP contribution is -2.09. The summed E-state index contributed by atoms with van der Waals surface area (Å²) in [7, 11) is 0. The predicted molar refractivity (Wildman–Crippen MR) is 53.0 cm³/mol. The van der Waals surface area contributed by atoms with Crippen LogP contribution in [0.15, 0.2) is 0 Å². The minimum atomic E-state index is -0.00844. The first-order chi connectivity index (χ1) is 7.26. The fraction of sp³-hybridized carbons (Fsp3) is 0.286. The minimum absolute atomic E-state index is 0.00844. The lowest BCUT2D eigenvalue weighted by molar-refractivity contribution is 1.02. The first-order valence-electron chi connectivity index (χ1n) is 3.89. The van der Waals surface area contributed by atoms with Gasteiger partial charge in [-0.25, -0.2) is 0 Å². The first kappa shape index (κ1) is 11.0. The molecule has 1 aromatic rings. The molecule has 0 spiro atoms. The highest BCUT2D eigenvalue weighted by Gasteiger charge is 2.03. The van der Waals surface area contributed by atoms with E-state index in [2.05, 4.69) is 25.6 Å². The molecule has 0 bridgehead atoms. The van der Waals surface area contributed by atoms with Crippen molar-refractivity contribution in [2.75, 3.05) is 23.7 Å². The molecule has 7 nitrogen and oxygen atoms in total. The molecule has 8 heteroatoms. The third-order valence-corrected chi connectivity index (χ3v) is 1.43. The number of nitrogens with one attached hydrogen (secondary N) is 2. The highest BCUT2D eigenvalue weighted by atomic mass is 35.5. The van der Waals surface area contributed by atoms with E-state index in [4.69, 9.17) is 22.1 Å². The van der Waals surface area contributed by atoms with Crippen molar-refractivity contribution in [3.8, 4) is 12.1 Å². The Bertz CT molecular complexity index is 382. The highest BCUT2D eigenvalue weighted by Crippen LogP contribution is 2.08. The molecule has 1 heterocycles. The van der Waals surface area contributed by atoms with Crippen molar-refractivity contribution >= 4 is 23.5 Å². The lowest BCUT2D eigenvalue weighted by atomic mass is 10.7. The van der Waals surface area contributed by atoms with Crippen molar-refractivity contribution in [3.05, 3.63) is 5.28 Å². The van der Waals surface area contributed by atoms with E-state index in [9.17, 15) is 0 Å². The van der Waals surface area contributed by atoms with Crippen LogP contribution in [0.3, 0.4) is 0 Å². The molecule has 0 aliphatic carbocycles. The molecule has 0 aliphatic heterocycles. The molecule has 15 heavy (non-hydrogen) atoms. The van der Waals surface area contributed by atoms with Gasteiger partial charge in [0.05, 0.1) is 12.1 Å². The Morgan fingerprint density at radius 1 is 1.00 bits per heavy atom. The summed E-state index contributed by atoms with van der Waals surface area (Å²) in [5, 5.41) is 21.9. The normalized spacial score (nSPS) is 8.73. The fourth-order valence-electron chi connectivity index (χ4n) is 0.745. The van der Waals surface area contributed by atoms with E-state index in [-0.39, 0.29) is 30.3 Å². The van der Waals surface area contributed by atoms with Gasteiger partial charge >= 0.3 is 0 Å². The van der Waals surface area contributed by atoms with Gasteiger partial charge in [0.25, 0.3) is 0 Å². The predicted octanol–water partition coefficient (Wildman–Crippen LogP) is 0.396. The monoisotopic (exact) mass is 223 g/mol. The number of hydrogen-bond donors (Lipinski definition) is 2. The quantitative estimate of drug-likeness (QED) is 0.711. The molecule has 1 rings (SSSR count). The Kier molecular flexibility index (Phi) is 4.07. The summed E-state index contributed by atoms with van der Waals surface area (Å²) in [6.45, 7) is 0.135. The van der Waals surface area contributed by atoms with Gasteiger partial charge < -0.3 is 10.6 Å². The van der Waals surface area contributed by atoms with Crippen LogP contribution in [-0.2, 0) is 0 Å². The zero-order valence-electron chi connectivity index (χ0n) is 7.53. The summed E-state index contributed by atoms with van der Waals surface area (Å²) in [5.41, 5.74) is 0. The van der Waals surface area contributed by atoms with Gasteiger partial charge in [0.1, 0.15) is 13.1 Å². The van der Waals surface area contributed by atoms with Crippen LogP contribution in [0.2, 0.25) is 5.28 Å². The molecule has 0 aliphatic rings. The molecule has 2 N–H and O–H groups in total. The summed E-state index contributed by atoms with van der Waals surface area (Å²) in [5.74, 6) is 0.383. The van der Waals surface area contributed by atoms with E-state index in [0.29, 0.717) is 0 Å². The van der Waals surface area contributed by atoms with Gasteiger partial charge in [-0.3, -0.25) is 0 Å². The van der Waals surface area contributed by atoms with Gasteiger partial charge in [-0.15, -0.1) is 0 Å². The van der Waals surface area contributed by atoms with Gasteiger partial charge in [-0.2, -0.15) is 25.5 Å². The Morgan fingerprint density at radius 2 is 1.47 bits per heavy atom. The Labute approximate surface area is 90.7 Å². The van der Waals surface area contributed by atoms with Gasteiger partial charge in [0, 0.05) is 0 Å². The fourth-order valence-corrected chi connectivity index (χ4v) is 0.905. The van der Waals surface area contributed by atoms with Crippen molar-refractivity contribution in [1.29, 1.82) is 10.5 Å². The maximum atomic E-state index is 8.33. The SMILES string of the molecule is N#CCNc1nc(Cl)nc(NCC#N)n1. The van der Waals surface area contributed by atoms with Crippen molar-refractivity contribution < 1.29 is 0 Å². The highest BCUT2D eigenvalue weighted by molar-refractivity contribution is 6.28.